The van der Waals surface area contributed by atoms with Gasteiger partial charge in [0.2, 0.25) is 11.7 Å². The second kappa shape index (κ2) is 12.0. The number of benzene rings is 1. The van der Waals surface area contributed by atoms with Crippen LogP contribution in [0.15, 0.2) is 35.4 Å². The van der Waals surface area contributed by atoms with Gasteiger partial charge in [0.25, 0.3) is 0 Å². The number of amides is 1. The molecular formula is C26H26N6O4S. The summed E-state index contributed by atoms with van der Waals surface area (Å²) in [5.41, 5.74) is 7.77. The van der Waals surface area contributed by atoms with E-state index in [1.54, 1.807) is 24.3 Å². The fourth-order valence-electron chi connectivity index (χ4n) is 3.67. The maximum Gasteiger partial charge on any atom is 0.239 e. The van der Waals surface area contributed by atoms with Crippen LogP contribution in [0.2, 0.25) is 0 Å². The molecule has 190 valence electrons. The van der Waals surface area contributed by atoms with Crippen molar-refractivity contribution in [2.45, 2.75) is 30.5 Å². The highest BCUT2D eigenvalue weighted by Gasteiger charge is 2.27. The van der Waals surface area contributed by atoms with Gasteiger partial charge in [-0.05, 0) is 43.2 Å². The van der Waals surface area contributed by atoms with Crippen LogP contribution in [0, 0.1) is 29.6 Å². The molecule has 1 amide bonds. The quantitative estimate of drug-likeness (QED) is 0.391. The lowest BCUT2D eigenvalue weighted by molar-refractivity contribution is -0.115. The van der Waals surface area contributed by atoms with Crippen molar-refractivity contribution in [2.24, 2.45) is 0 Å². The van der Waals surface area contributed by atoms with Crippen LogP contribution in [0.25, 0.3) is 11.1 Å². The highest BCUT2D eigenvalue weighted by atomic mass is 32.2. The fraction of sp³-hybridized carbons (Fsp3) is 0.269. The molecule has 0 aliphatic carbocycles. The van der Waals surface area contributed by atoms with E-state index in [1.807, 2.05) is 26.0 Å². The molecule has 1 atom stereocenters. The average molecular weight is 519 g/mol. The van der Waals surface area contributed by atoms with Gasteiger partial charge in [0, 0.05) is 11.3 Å². The summed E-state index contributed by atoms with van der Waals surface area (Å²) >= 11 is 1.09. The lowest BCUT2D eigenvalue weighted by Gasteiger charge is -2.19. The summed E-state index contributed by atoms with van der Waals surface area (Å²) in [6, 6.07) is 12.8. The van der Waals surface area contributed by atoms with E-state index in [9.17, 15) is 15.3 Å². The molecule has 2 heterocycles. The molecule has 3 rings (SSSR count). The molecule has 0 radical (unpaired) electrons. The number of nitrogens with two attached hydrogens (primary N) is 1. The minimum atomic E-state index is -0.609. The average Bonchev–Trinajstić information content (AvgIpc) is 2.90. The molecule has 1 unspecified atom stereocenters. The van der Waals surface area contributed by atoms with Crippen LogP contribution in [-0.2, 0) is 4.79 Å². The van der Waals surface area contributed by atoms with Crippen molar-refractivity contribution in [1.82, 2.24) is 9.97 Å². The van der Waals surface area contributed by atoms with Crippen molar-refractivity contribution >= 4 is 29.3 Å². The SMILES string of the molecule is CCC(Sc1nc(N)c(C#N)c(-c2cc(OC)c(OC)c(OC)c2)c1C#N)C(=O)Nc1cccc(C)n1. The summed E-state index contributed by atoms with van der Waals surface area (Å²) in [4.78, 5) is 21.7. The summed E-state index contributed by atoms with van der Waals surface area (Å²) in [5.74, 6) is 1.10. The number of carbonyl (C=O) groups is 1. The third kappa shape index (κ3) is 5.68. The van der Waals surface area contributed by atoms with E-state index in [4.69, 9.17) is 19.9 Å². The molecule has 2 aromatic heterocycles. The van der Waals surface area contributed by atoms with Gasteiger partial charge in [0.05, 0.1) is 32.1 Å². The number of nitrogen functional groups attached to an aromatic ring is 1. The van der Waals surface area contributed by atoms with Gasteiger partial charge in [-0.25, -0.2) is 9.97 Å². The molecule has 0 spiro atoms. The zero-order valence-electron chi connectivity index (χ0n) is 21.1. The highest BCUT2D eigenvalue weighted by molar-refractivity contribution is 8.00. The summed E-state index contributed by atoms with van der Waals surface area (Å²) in [6.07, 6.45) is 0.439. The number of anilines is 2. The van der Waals surface area contributed by atoms with Crippen molar-refractivity contribution in [2.75, 3.05) is 32.4 Å². The molecule has 37 heavy (non-hydrogen) atoms. The van der Waals surface area contributed by atoms with Crippen LogP contribution in [0.4, 0.5) is 11.6 Å². The Balaban J connectivity index is 2.13. The number of nitrogens with one attached hydrogen (secondary N) is 1. The van der Waals surface area contributed by atoms with Crippen LogP contribution < -0.4 is 25.3 Å². The van der Waals surface area contributed by atoms with Gasteiger partial charge in [0.15, 0.2) is 11.5 Å². The second-order valence-electron chi connectivity index (χ2n) is 7.73. The van der Waals surface area contributed by atoms with Gasteiger partial charge in [-0.1, -0.05) is 24.8 Å². The van der Waals surface area contributed by atoms with Crippen molar-refractivity contribution in [1.29, 1.82) is 10.5 Å². The number of pyridine rings is 2. The maximum absolute atomic E-state index is 13.0. The molecular weight excluding hydrogens is 492 g/mol. The zero-order valence-corrected chi connectivity index (χ0v) is 21.9. The molecule has 10 nitrogen and oxygen atoms in total. The third-order valence-electron chi connectivity index (χ3n) is 5.43. The van der Waals surface area contributed by atoms with Crippen LogP contribution in [0.3, 0.4) is 0 Å². The number of hydrogen-bond donors (Lipinski definition) is 2. The number of ether oxygens (including phenoxy) is 3. The van der Waals surface area contributed by atoms with E-state index in [0.717, 1.165) is 17.5 Å². The molecule has 0 saturated carbocycles. The lowest BCUT2D eigenvalue weighted by Crippen LogP contribution is -2.25. The van der Waals surface area contributed by atoms with Crippen molar-refractivity contribution in [3.8, 4) is 40.5 Å². The van der Waals surface area contributed by atoms with Crippen LogP contribution in [0.5, 0.6) is 17.2 Å². The van der Waals surface area contributed by atoms with Crippen LogP contribution in [0.1, 0.15) is 30.2 Å². The number of rotatable bonds is 9. The van der Waals surface area contributed by atoms with Gasteiger partial charge in [-0.3, -0.25) is 4.79 Å². The first-order chi connectivity index (χ1) is 17.8. The van der Waals surface area contributed by atoms with Crippen molar-refractivity contribution in [3.05, 3.63) is 47.2 Å². The largest absolute Gasteiger partial charge is 0.493 e. The van der Waals surface area contributed by atoms with E-state index in [0.29, 0.717) is 35.1 Å². The van der Waals surface area contributed by atoms with E-state index in [2.05, 4.69) is 21.4 Å². The summed E-state index contributed by atoms with van der Waals surface area (Å²) in [7, 11) is 4.41. The number of aryl methyl sites for hydroxylation is 1. The molecule has 0 aliphatic rings. The molecule has 0 aliphatic heterocycles. The molecule has 0 fully saturated rings. The Morgan fingerprint density at radius 3 is 2.24 bits per heavy atom. The topological polar surface area (TPSA) is 156 Å². The summed E-state index contributed by atoms with van der Waals surface area (Å²) in [5, 5.41) is 22.5. The van der Waals surface area contributed by atoms with E-state index >= 15 is 0 Å². The molecule has 1 aromatic carbocycles. The first-order valence-electron chi connectivity index (χ1n) is 11.2. The Labute approximate surface area is 219 Å². The Morgan fingerprint density at radius 1 is 1.08 bits per heavy atom. The minimum Gasteiger partial charge on any atom is -0.493 e. The van der Waals surface area contributed by atoms with Gasteiger partial charge < -0.3 is 25.3 Å². The molecule has 0 bridgehead atoms. The Hall–Kier alpha value is -4.48. The molecule has 0 saturated heterocycles. The van der Waals surface area contributed by atoms with Crippen LogP contribution >= 0.6 is 11.8 Å². The maximum atomic E-state index is 13.0. The monoisotopic (exact) mass is 518 g/mol. The van der Waals surface area contributed by atoms with Crippen LogP contribution in [-0.4, -0.2) is 42.5 Å². The molecule has 11 heteroatoms. The predicted molar refractivity (Wildman–Crippen MR) is 141 cm³/mol. The van der Waals surface area contributed by atoms with Crippen molar-refractivity contribution in [3.63, 3.8) is 0 Å². The first-order valence-corrected chi connectivity index (χ1v) is 12.0. The van der Waals surface area contributed by atoms with E-state index < -0.39 is 5.25 Å². The third-order valence-corrected chi connectivity index (χ3v) is 6.78. The number of thioether (sulfide) groups is 1. The summed E-state index contributed by atoms with van der Waals surface area (Å²) < 4.78 is 16.3. The zero-order chi connectivity index (χ0) is 27.1. The van der Waals surface area contributed by atoms with E-state index in [1.165, 1.54) is 21.3 Å². The fourth-order valence-corrected chi connectivity index (χ4v) is 4.69. The Kier molecular flexibility index (Phi) is 8.77. The smallest absolute Gasteiger partial charge is 0.239 e. The van der Waals surface area contributed by atoms with Gasteiger partial charge >= 0.3 is 0 Å². The number of carbonyl (C=O) groups excluding carboxylic acids is 1. The predicted octanol–water partition coefficient (Wildman–Crippen LogP) is 4.31. The van der Waals surface area contributed by atoms with Gasteiger partial charge in [-0.15, -0.1) is 0 Å². The van der Waals surface area contributed by atoms with Gasteiger partial charge in [-0.2, -0.15) is 10.5 Å². The standard InChI is InChI=1S/C26H26N6O4S/c1-6-20(25(33)31-21-9-7-8-14(2)30-21)37-26-17(13-28)22(16(12-27)24(29)32-26)15-10-18(34-3)23(36-5)19(11-15)35-4/h7-11,20H,6H2,1-5H3,(H2,29,32)(H,30,31,33). The minimum absolute atomic E-state index is 0.0247. The lowest BCUT2D eigenvalue weighted by atomic mass is 9.96. The molecule has 3 aromatic rings. The normalized spacial score (nSPS) is 11.1. The number of hydrogen-bond acceptors (Lipinski definition) is 10. The number of nitriles is 2. The van der Waals surface area contributed by atoms with Crippen molar-refractivity contribution < 1.29 is 19.0 Å². The number of methoxy groups -OCH3 is 3. The molecule has 3 N–H and O–H groups in total. The summed E-state index contributed by atoms with van der Waals surface area (Å²) in [6.45, 7) is 3.68. The van der Waals surface area contributed by atoms with Gasteiger partial charge in [0.1, 0.15) is 34.4 Å². The first kappa shape index (κ1) is 27.1. The number of aromatic nitrogens is 2. The highest BCUT2D eigenvalue weighted by Crippen LogP contribution is 2.44. The van der Waals surface area contributed by atoms with E-state index in [-0.39, 0.29) is 33.4 Å². The second-order valence-corrected chi connectivity index (χ2v) is 8.92. The number of nitrogens with zero attached hydrogens (tertiary/aromatic N) is 4. The Bertz CT molecular complexity index is 1390. The Morgan fingerprint density at radius 2 is 1.73 bits per heavy atom.